The van der Waals surface area contributed by atoms with Gasteiger partial charge in [-0.2, -0.15) is 0 Å². The fourth-order valence-corrected chi connectivity index (χ4v) is 3.82. The molecule has 0 N–H and O–H groups in total. The first-order valence-corrected chi connectivity index (χ1v) is 8.91. The lowest BCUT2D eigenvalue weighted by atomic mass is 10.1. The van der Waals surface area contributed by atoms with Gasteiger partial charge in [0.15, 0.2) is 0 Å². The molecule has 0 saturated carbocycles. The van der Waals surface area contributed by atoms with Crippen LogP contribution in [0.4, 0.5) is 5.69 Å². The highest BCUT2D eigenvalue weighted by Crippen LogP contribution is 2.19. The number of likely N-dealkylation sites (tertiary alicyclic amines) is 2. The van der Waals surface area contributed by atoms with E-state index in [1.807, 2.05) is 0 Å². The molecule has 0 bridgehead atoms. The topological polar surface area (TPSA) is 71.6 Å². The minimum absolute atomic E-state index is 0.0287. The molecule has 0 aromatic carbocycles. The minimum Gasteiger partial charge on any atom is -0.308 e. The zero-order valence-electron chi connectivity index (χ0n) is 14.1. The summed E-state index contributed by atoms with van der Waals surface area (Å²) in [4.78, 5) is 27.2. The zero-order valence-corrected chi connectivity index (χ0v) is 14.1. The smallest absolute Gasteiger partial charge is 0.285 e. The molecule has 7 nitrogen and oxygen atoms in total. The molecule has 2 aliphatic rings. The number of piperidine rings is 1. The van der Waals surface area contributed by atoms with Crippen LogP contribution in [0.1, 0.15) is 25.7 Å². The Morgan fingerprint density at radius 2 is 1.88 bits per heavy atom. The van der Waals surface area contributed by atoms with E-state index in [-0.39, 0.29) is 11.2 Å². The van der Waals surface area contributed by atoms with Crippen LogP contribution in [0.2, 0.25) is 0 Å². The first-order chi connectivity index (χ1) is 11.6. The van der Waals surface area contributed by atoms with Crippen molar-refractivity contribution in [1.82, 2.24) is 14.4 Å². The van der Waals surface area contributed by atoms with E-state index in [0.29, 0.717) is 12.5 Å². The Hall–Kier alpha value is -1.73. The number of hydrogen-bond donors (Lipinski definition) is 0. The quantitative estimate of drug-likeness (QED) is 0.583. The van der Waals surface area contributed by atoms with Gasteiger partial charge in [0.25, 0.3) is 11.2 Å². The molecule has 1 aromatic heterocycles. The Morgan fingerprint density at radius 3 is 2.62 bits per heavy atom. The third-order valence-electron chi connectivity index (χ3n) is 5.17. The van der Waals surface area contributed by atoms with Crippen LogP contribution in [-0.4, -0.2) is 58.6 Å². The lowest BCUT2D eigenvalue weighted by molar-refractivity contribution is -0.385. The van der Waals surface area contributed by atoms with Crippen molar-refractivity contribution in [3.8, 4) is 0 Å². The van der Waals surface area contributed by atoms with E-state index in [1.54, 1.807) is 0 Å². The monoisotopic (exact) mass is 334 g/mol. The van der Waals surface area contributed by atoms with Crippen molar-refractivity contribution in [3.05, 3.63) is 38.8 Å². The molecule has 2 saturated heterocycles. The number of rotatable bonds is 6. The fourth-order valence-electron chi connectivity index (χ4n) is 3.82. The van der Waals surface area contributed by atoms with Gasteiger partial charge in [0.1, 0.15) is 0 Å². The van der Waals surface area contributed by atoms with Gasteiger partial charge >= 0.3 is 0 Å². The maximum absolute atomic E-state index is 11.8. The van der Waals surface area contributed by atoms with Crippen LogP contribution in [0.3, 0.4) is 0 Å². The summed E-state index contributed by atoms with van der Waals surface area (Å²) in [6.07, 6.45) is 6.58. The molecular formula is C17H26N4O3. The second-order valence-electron chi connectivity index (χ2n) is 6.99. The van der Waals surface area contributed by atoms with Gasteiger partial charge in [0.2, 0.25) is 0 Å². The number of pyridine rings is 1. The Bertz CT molecular complexity index is 625. The largest absolute Gasteiger partial charge is 0.308 e. The van der Waals surface area contributed by atoms with Crippen molar-refractivity contribution in [2.24, 2.45) is 5.92 Å². The summed E-state index contributed by atoms with van der Waals surface area (Å²) in [6.45, 7) is 7.07. The third-order valence-corrected chi connectivity index (χ3v) is 5.17. The third kappa shape index (κ3) is 4.42. The van der Waals surface area contributed by atoms with Crippen LogP contribution in [0.25, 0.3) is 0 Å². The number of nitro groups is 1. The predicted molar refractivity (Wildman–Crippen MR) is 92.2 cm³/mol. The maximum Gasteiger partial charge on any atom is 0.285 e. The Morgan fingerprint density at radius 1 is 1.08 bits per heavy atom. The van der Waals surface area contributed by atoms with Gasteiger partial charge in [0.05, 0.1) is 11.1 Å². The summed E-state index contributed by atoms with van der Waals surface area (Å²) in [7, 11) is 0. The van der Waals surface area contributed by atoms with Gasteiger partial charge in [0, 0.05) is 38.3 Å². The van der Waals surface area contributed by atoms with Crippen molar-refractivity contribution in [2.75, 3.05) is 39.3 Å². The molecule has 0 aliphatic carbocycles. The lowest BCUT2D eigenvalue weighted by Crippen LogP contribution is -2.35. The molecule has 132 valence electrons. The van der Waals surface area contributed by atoms with Crippen LogP contribution in [0.5, 0.6) is 0 Å². The highest BCUT2D eigenvalue weighted by atomic mass is 16.6. The van der Waals surface area contributed by atoms with Gasteiger partial charge in [-0.05, 0) is 44.8 Å². The van der Waals surface area contributed by atoms with Crippen molar-refractivity contribution < 1.29 is 4.92 Å². The first kappa shape index (κ1) is 17.1. The Kier molecular flexibility index (Phi) is 5.63. The Balaban J connectivity index is 1.48. The molecule has 7 heteroatoms. The SMILES string of the molecule is O=c1ccc([N+](=O)[O-])cn1CCN1CC[C@@H](CN2CCCCC2)C1. The summed E-state index contributed by atoms with van der Waals surface area (Å²) in [5.41, 5.74) is -0.205. The average Bonchev–Trinajstić information content (AvgIpc) is 3.02. The maximum atomic E-state index is 11.8. The molecule has 0 amide bonds. The molecule has 2 aliphatic heterocycles. The van der Waals surface area contributed by atoms with Gasteiger partial charge in [-0.25, -0.2) is 0 Å². The van der Waals surface area contributed by atoms with Gasteiger partial charge in [-0.1, -0.05) is 6.42 Å². The molecular weight excluding hydrogens is 308 g/mol. The zero-order chi connectivity index (χ0) is 16.9. The molecule has 24 heavy (non-hydrogen) atoms. The highest BCUT2D eigenvalue weighted by Gasteiger charge is 2.24. The summed E-state index contributed by atoms with van der Waals surface area (Å²) < 4.78 is 1.45. The van der Waals surface area contributed by atoms with Crippen LogP contribution >= 0.6 is 0 Å². The normalized spacial score (nSPS) is 22.8. The molecule has 3 rings (SSSR count). The van der Waals surface area contributed by atoms with E-state index >= 15 is 0 Å². The molecule has 0 spiro atoms. The van der Waals surface area contributed by atoms with Crippen molar-refractivity contribution >= 4 is 5.69 Å². The number of aromatic nitrogens is 1. The summed E-state index contributed by atoms with van der Waals surface area (Å²) >= 11 is 0. The van der Waals surface area contributed by atoms with Gasteiger partial charge in [-0.15, -0.1) is 0 Å². The van der Waals surface area contributed by atoms with Crippen LogP contribution in [-0.2, 0) is 6.54 Å². The lowest BCUT2D eigenvalue weighted by Gasteiger charge is -2.29. The summed E-state index contributed by atoms with van der Waals surface area (Å²) in [5, 5.41) is 10.8. The van der Waals surface area contributed by atoms with E-state index in [2.05, 4.69) is 9.80 Å². The van der Waals surface area contributed by atoms with E-state index in [1.165, 1.54) is 68.2 Å². The van der Waals surface area contributed by atoms with Crippen molar-refractivity contribution in [1.29, 1.82) is 0 Å². The predicted octanol–water partition coefficient (Wildman–Crippen LogP) is 1.56. The van der Waals surface area contributed by atoms with Crippen molar-refractivity contribution in [3.63, 3.8) is 0 Å². The highest BCUT2D eigenvalue weighted by molar-refractivity contribution is 5.24. The van der Waals surface area contributed by atoms with Crippen LogP contribution in [0.15, 0.2) is 23.1 Å². The number of hydrogen-bond acceptors (Lipinski definition) is 5. The van der Waals surface area contributed by atoms with Gasteiger partial charge in [-0.3, -0.25) is 14.9 Å². The second kappa shape index (κ2) is 7.90. The minimum atomic E-state index is -0.458. The Labute approximate surface area is 142 Å². The van der Waals surface area contributed by atoms with Crippen LogP contribution in [0, 0.1) is 16.0 Å². The van der Waals surface area contributed by atoms with E-state index in [4.69, 9.17) is 0 Å². The summed E-state index contributed by atoms with van der Waals surface area (Å²) in [5.74, 6) is 0.713. The van der Waals surface area contributed by atoms with E-state index < -0.39 is 4.92 Å². The first-order valence-electron chi connectivity index (χ1n) is 8.91. The molecule has 2 fully saturated rings. The average molecular weight is 334 g/mol. The molecule has 1 atom stereocenters. The molecule has 3 heterocycles. The molecule has 0 radical (unpaired) electrons. The molecule has 0 unspecified atom stereocenters. The summed E-state index contributed by atoms with van der Waals surface area (Å²) in [6, 6.07) is 2.55. The van der Waals surface area contributed by atoms with Gasteiger partial charge < -0.3 is 14.4 Å². The number of nitrogens with zero attached hydrogens (tertiary/aromatic N) is 4. The van der Waals surface area contributed by atoms with Crippen molar-refractivity contribution in [2.45, 2.75) is 32.2 Å². The van der Waals surface area contributed by atoms with Crippen LogP contribution < -0.4 is 5.56 Å². The van der Waals surface area contributed by atoms with E-state index in [0.717, 1.165) is 19.6 Å². The fraction of sp³-hybridized carbons (Fsp3) is 0.706. The van der Waals surface area contributed by atoms with E-state index in [9.17, 15) is 14.9 Å². The standard InChI is InChI=1S/C17H26N4O3/c22-17-5-4-16(21(23)24)14-20(17)11-10-19-9-6-15(13-19)12-18-7-2-1-3-8-18/h4-5,14-15H,1-3,6-13H2/t15-/m0/s1. The second-order valence-corrected chi connectivity index (χ2v) is 6.99. The molecule has 1 aromatic rings.